The van der Waals surface area contributed by atoms with E-state index in [1.807, 2.05) is 18.2 Å². The summed E-state index contributed by atoms with van der Waals surface area (Å²) in [5.41, 5.74) is 1.92. The van der Waals surface area contributed by atoms with Crippen molar-refractivity contribution in [2.75, 3.05) is 13.2 Å². The van der Waals surface area contributed by atoms with Gasteiger partial charge in [-0.15, -0.1) is 0 Å². The third-order valence-electron chi connectivity index (χ3n) is 9.22. The Kier molecular flexibility index (Phi) is 13.4. The summed E-state index contributed by atoms with van der Waals surface area (Å²) in [7, 11) is 0. The van der Waals surface area contributed by atoms with Gasteiger partial charge in [0, 0.05) is 23.8 Å². The smallest absolute Gasteiger partial charge is 0.453 e. The molecule has 0 aromatic heterocycles. The fourth-order valence-electron chi connectivity index (χ4n) is 6.58. The number of halogens is 5. The first-order valence-corrected chi connectivity index (χ1v) is 16.2. The molecule has 0 saturated heterocycles. The number of hydrogen-bond acceptors (Lipinski definition) is 5. The number of alkyl halides is 5. The third-order valence-corrected chi connectivity index (χ3v) is 9.22. The summed E-state index contributed by atoms with van der Waals surface area (Å²) in [5.74, 6) is -4.71. The van der Waals surface area contributed by atoms with E-state index in [2.05, 4.69) is 6.92 Å². The second kappa shape index (κ2) is 16.5. The Hall–Kier alpha value is -3.04. The molecular formula is C35H47F5O5. The molecule has 252 valence electrons. The second-order valence-corrected chi connectivity index (χ2v) is 12.2. The van der Waals surface area contributed by atoms with E-state index >= 15 is 0 Å². The molecule has 45 heavy (non-hydrogen) atoms. The molecule has 1 heterocycles. The monoisotopic (exact) mass is 642 g/mol. The molecule has 0 fully saturated rings. The van der Waals surface area contributed by atoms with Gasteiger partial charge in [-0.2, -0.15) is 22.0 Å². The zero-order valence-corrected chi connectivity index (χ0v) is 26.3. The summed E-state index contributed by atoms with van der Waals surface area (Å²) in [6.07, 6.45) is 1.32. The van der Waals surface area contributed by atoms with Crippen LogP contribution >= 0.6 is 0 Å². The number of benzene rings is 2. The average molecular weight is 643 g/mol. The number of unbranched alkanes of at least 4 members (excludes halogenated alkanes) is 6. The van der Waals surface area contributed by atoms with Crippen molar-refractivity contribution in [2.24, 2.45) is 5.92 Å². The van der Waals surface area contributed by atoms with E-state index in [9.17, 15) is 37.0 Å². The van der Waals surface area contributed by atoms with Gasteiger partial charge in [-0.05, 0) is 68.4 Å². The molecule has 2 aromatic rings. The van der Waals surface area contributed by atoms with Gasteiger partial charge in [-0.3, -0.25) is 4.79 Å². The number of ether oxygens (including phenoxy) is 2. The Morgan fingerprint density at radius 2 is 1.49 bits per heavy atom. The quantitative estimate of drug-likeness (QED) is 0.0962. The van der Waals surface area contributed by atoms with Gasteiger partial charge < -0.3 is 19.7 Å². The molecule has 0 saturated carbocycles. The number of rotatable bonds is 18. The molecule has 0 bridgehead atoms. The van der Waals surface area contributed by atoms with Crippen LogP contribution in [0.2, 0.25) is 0 Å². The standard InChI is InChI=1S/C35H47F5O5/c1-3-33(26-16-18-27(41)19-17-26)24-45-31-23-28(42)20-21-29(31)30(33)15-11-9-7-5-6-8-10-13-25(32(43)44-4-2)14-12-22-34(36,37)35(38,39)40/h16-21,23,25,30,41-42H,3-15,22,24H2,1-2H3/t25?,30-,33-/m1/s1. The molecule has 10 heteroatoms. The van der Waals surface area contributed by atoms with Crippen molar-refractivity contribution < 1.29 is 46.4 Å². The summed E-state index contributed by atoms with van der Waals surface area (Å²) >= 11 is 0. The molecule has 0 spiro atoms. The van der Waals surface area contributed by atoms with Gasteiger partial charge in [0.15, 0.2) is 0 Å². The maximum atomic E-state index is 13.3. The van der Waals surface area contributed by atoms with E-state index in [-0.39, 0.29) is 35.9 Å². The lowest BCUT2D eigenvalue weighted by atomic mass is 9.63. The summed E-state index contributed by atoms with van der Waals surface area (Å²) in [6.45, 7) is 4.39. The molecule has 3 rings (SSSR count). The first kappa shape index (κ1) is 36.4. The van der Waals surface area contributed by atoms with Crippen LogP contribution in [0.1, 0.15) is 114 Å². The van der Waals surface area contributed by atoms with Crippen LogP contribution in [0.15, 0.2) is 42.5 Å². The Morgan fingerprint density at radius 3 is 2.11 bits per heavy atom. The number of carbonyl (C=O) groups excluding carboxylic acids is 1. The number of phenols is 2. The van der Waals surface area contributed by atoms with Crippen LogP contribution in [0.25, 0.3) is 0 Å². The maximum absolute atomic E-state index is 13.3. The van der Waals surface area contributed by atoms with Gasteiger partial charge >= 0.3 is 18.1 Å². The third kappa shape index (κ3) is 9.72. The minimum Gasteiger partial charge on any atom is -0.508 e. The highest BCUT2D eigenvalue weighted by Gasteiger charge is 2.56. The summed E-state index contributed by atoms with van der Waals surface area (Å²) in [5, 5.41) is 19.9. The molecule has 0 amide bonds. The van der Waals surface area contributed by atoms with E-state index in [4.69, 9.17) is 9.47 Å². The van der Waals surface area contributed by atoms with E-state index < -0.39 is 36.8 Å². The summed E-state index contributed by atoms with van der Waals surface area (Å²) < 4.78 is 75.2. The van der Waals surface area contributed by atoms with Crippen LogP contribution in [-0.2, 0) is 14.9 Å². The minimum atomic E-state index is -5.59. The minimum absolute atomic E-state index is 0.0527. The molecule has 0 aliphatic carbocycles. The van der Waals surface area contributed by atoms with Crippen LogP contribution < -0.4 is 4.74 Å². The van der Waals surface area contributed by atoms with E-state index in [0.717, 1.165) is 62.5 Å². The molecule has 5 nitrogen and oxygen atoms in total. The Morgan fingerprint density at radius 1 is 0.889 bits per heavy atom. The van der Waals surface area contributed by atoms with Crippen LogP contribution in [0.5, 0.6) is 17.2 Å². The van der Waals surface area contributed by atoms with Gasteiger partial charge in [0.2, 0.25) is 0 Å². The fourth-order valence-corrected chi connectivity index (χ4v) is 6.58. The molecule has 1 unspecified atom stereocenters. The van der Waals surface area contributed by atoms with Crippen molar-refractivity contribution >= 4 is 5.97 Å². The van der Waals surface area contributed by atoms with Gasteiger partial charge in [0.05, 0.1) is 19.1 Å². The predicted octanol–water partition coefficient (Wildman–Crippen LogP) is 9.98. The highest BCUT2D eigenvalue weighted by molar-refractivity contribution is 5.72. The SMILES string of the molecule is CCOC(=O)C(CCCCCCCCC[C@@H]1c2ccc(O)cc2OC[C@]1(CC)c1ccc(O)cc1)CCCC(F)(F)C(F)(F)F. The Balaban J connectivity index is 1.46. The molecular weight excluding hydrogens is 595 g/mol. The highest BCUT2D eigenvalue weighted by Crippen LogP contribution is 2.51. The first-order chi connectivity index (χ1) is 21.3. The topological polar surface area (TPSA) is 76.0 Å². The van der Waals surface area contributed by atoms with Crippen molar-refractivity contribution in [3.8, 4) is 17.2 Å². The lowest BCUT2D eigenvalue weighted by Crippen LogP contribution is -2.42. The number of hydrogen-bond donors (Lipinski definition) is 2. The molecule has 2 aromatic carbocycles. The molecule has 1 aliphatic rings. The van der Waals surface area contributed by atoms with Crippen molar-refractivity contribution in [1.29, 1.82) is 0 Å². The number of carbonyl (C=O) groups is 1. The number of aromatic hydroxyl groups is 2. The number of phenolic OH excluding ortho intramolecular Hbond substituents is 2. The summed E-state index contributed by atoms with van der Waals surface area (Å²) in [4.78, 5) is 12.3. The Labute approximate surface area is 263 Å². The zero-order chi connectivity index (χ0) is 33.1. The van der Waals surface area contributed by atoms with Crippen molar-refractivity contribution in [3.05, 3.63) is 53.6 Å². The largest absolute Gasteiger partial charge is 0.508 e. The van der Waals surface area contributed by atoms with Gasteiger partial charge in [-0.1, -0.05) is 70.1 Å². The van der Waals surface area contributed by atoms with Gasteiger partial charge in [0.1, 0.15) is 17.2 Å². The van der Waals surface area contributed by atoms with Crippen LogP contribution in [0.3, 0.4) is 0 Å². The summed E-state index contributed by atoms with van der Waals surface area (Å²) in [6, 6.07) is 12.7. The van der Waals surface area contributed by atoms with Crippen LogP contribution in [0.4, 0.5) is 22.0 Å². The van der Waals surface area contributed by atoms with Crippen molar-refractivity contribution in [2.45, 2.75) is 121 Å². The van der Waals surface area contributed by atoms with Gasteiger partial charge in [0.25, 0.3) is 0 Å². The zero-order valence-electron chi connectivity index (χ0n) is 26.3. The molecule has 1 aliphatic heterocycles. The lowest BCUT2D eigenvalue weighted by molar-refractivity contribution is -0.284. The molecule has 0 radical (unpaired) electrons. The van der Waals surface area contributed by atoms with E-state index in [1.165, 1.54) is 0 Å². The highest BCUT2D eigenvalue weighted by atomic mass is 19.4. The second-order valence-electron chi connectivity index (χ2n) is 12.2. The van der Waals surface area contributed by atoms with Crippen LogP contribution in [-0.4, -0.2) is 41.5 Å². The van der Waals surface area contributed by atoms with Crippen molar-refractivity contribution in [3.63, 3.8) is 0 Å². The fraction of sp³-hybridized carbons (Fsp3) is 0.629. The lowest BCUT2D eigenvalue weighted by Gasteiger charge is -2.45. The van der Waals surface area contributed by atoms with E-state index in [0.29, 0.717) is 25.2 Å². The van der Waals surface area contributed by atoms with E-state index in [1.54, 1.807) is 31.2 Å². The average Bonchev–Trinajstić information content (AvgIpc) is 2.99. The Bertz CT molecular complexity index is 1200. The maximum Gasteiger partial charge on any atom is 0.453 e. The van der Waals surface area contributed by atoms with Gasteiger partial charge in [-0.25, -0.2) is 0 Å². The normalized spacial score (nSPS) is 19.0. The van der Waals surface area contributed by atoms with Crippen LogP contribution in [0, 0.1) is 5.92 Å². The van der Waals surface area contributed by atoms with Crippen molar-refractivity contribution in [1.82, 2.24) is 0 Å². The predicted molar refractivity (Wildman–Crippen MR) is 163 cm³/mol. The molecule has 2 N–H and O–H groups in total. The molecule has 3 atom stereocenters. The first-order valence-electron chi connectivity index (χ1n) is 16.2. The number of esters is 1. The number of fused-ring (bicyclic) bond motifs is 1.